The molecule has 0 radical (unpaired) electrons. The lowest BCUT2D eigenvalue weighted by Gasteiger charge is -2.01. The van der Waals surface area contributed by atoms with Crippen LogP contribution in [0.1, 0.15) is 15.4 Å². The number of hydrogen-bond donors (Lipinski definition) is 2. The smallest absolute Gasteiger partial charge is 0.268 e. The van der Waals surface area contributed by atoms with Gasteiger partial charge in [0.05, 0.1) is 5.69 Å². The van der Waals surface area contributed by atoms with Gasteiger partial charge in [0.2, 0.25) is 0 Å². The molecule has 0 aliphatic rings. The van der Waals surface area contributed by atoms with E-state index in [-0.39, 0.29) is 5.91 Å². The van der Waals surface area contributed by atoms with Crippen molar-refractivity contribution in [1.29, 1.82) is 0 Å². The van der Waals surface area contributed by atoms with Crippen molar-refractivity contribution in [3.05, 3.63) is 35.0 Å². The summed E-state index contributed by atoms with van der Waals surface area (Å²) in [6, 6.07) is 5.31. The second-order valence-corrected chi connectivity index (χ2v) is 4.17. The normalized spacial score (nSPS) is 10.1. The number of nitrogens with zero attached hydrogens (tertiary/aromatic N) is 2. The number of rotatable bonds is 2. The van der Waals surface area contributed by atoms with Gasteiger partial charge in [-0.1, -0.05) is 17.4 Å². The van der Waals surface area contributed by atoms with E-state index in [0.29, 0.717) is 21.5 Å². The molecule has 0 saturated heterocycles. The summed E-state index contributed by atoms with van der Waals surface area (Å²) in [6.07, 6.45) is 1.61. The van der Waals surface area contributed by atoms with Crippen LogP contribution in [0.4, 0.5) is 10.9 Å². The van der Waals surface area contributed by atoms with E-state index < -0.39 is 0 Å². The summed E-state index contributed by atoms with van der Waals surface area (Å²) < 4.78 is 0. The van der Waals surface area contributed by atoms with Crippen LogP contribution in [0.25, 0.3) is 0 Å². The number of aryl methyl sites for hydroxylation is 1. The molecule has 0 aromatic carbocycles. The van der Waals surface area contributed by atoms with Crippen LogP contribution >= 0.6 is 11.3 Å². The van der Waals surface area contributed by atoms with E-state index in [1.807, 2.05) is 0 Å². The molecule has 1 amide bonds. The Morgan fingerprint density at radius 3 is 2.88 bits per heavy atom. The van der Waals surface area contributed by atoms with Gasteiger partial charge in [-0.3, -0.25) is 4.79 Å². The molecule has 0 saturated carbocycles. The Bertz CT molecular complexity index is 509. The Morgan fingerprint density at radius 1 is 1.50 bits per heavy atom. The molecule has 0 atom stereocenters. The largest absolute Gasteiger partial charge is 0.375 e. The number of carbonyl (C=O) groups is 1. The maximum Gasteiger partial charge on any atom is 0.268 e. The fourth-order valence-corrected chi connectivity index (χ4v) is 1.97. The van der Waals surface area contributed by atoms with Crippen molar-refractivity contribution in [3.8, 4) is 0 Å². The highest BCUT2D eigenvalue weighted by Gasteiger charge is 2.14. The van der Waals surface area contributed by atoms with Crippen molar-refractivity contribution in [1.82, 2.24) is 9.97 Å². The number of nitrogens with one attached hydrogen (secondary N) is 1. The maximum atomic E-state index is 11.8. The van der Waals surface area contributed by atoms with E-state index in [1.54, 1.807) is 31.3 Å². The van der Waals surface area contributed by atoms with Crippen molar-refractivity contribution in [2.75, 3.05) is 11.1 Å². The van der Waals surface area contributed by atoms with E-state index in [2.05, 4.69) is 15.3 Å². The molecule has 0 bridgehead atoms. The van der Waals surface area contributed by atoms with E-state index in [4.69, 9.17) is 5.73 Å². The average Bonchev–Trinajstić information content (AvgIpc) is 2.59. The molecule has 2 aromatic heterocycles. The van der Waals surface area contributed by atoms with Crippen LogP contribution in [0.2, 0.25) is 0 Å². The van der Waals surface area contributed by atoms with E-state index in [1.165, 1.54) is 11.3 Å². The Balaban J connectivity index is 2.18. The standard InChI is InChI=1S/C10H10N4OS/c1-6-8(16-10(11)13-6)9(15)14-7-4-2-3-5-12-7/h2-5H,1H3,(H2,11,13)(H,12,14,15). The molecular formula is C10H10N4OS. The molecule has 2 aromatic rings. The average molecular weight is 234 g/mol. The Labute approximate surface area is 96.3 Å². The van der Waals surface area contributed by atoms with Gasteiger partial charge in [-0.25, -0.2) is 9.97 Å². The van der Waals surface area contributed by atoms with Gasteiger partial charge in [0.15, 0.2) is 5.13 Å². The van der Waals surface area contributed by atoms with Crippen molar-refractivity contribution in [2.24, 2.45) is 0 Å². The fraction of sp³-hybridized carbons (Fsp3) is 0.100. The van der Waals surface area contributed by atoms with Crippen LogP contribution in [0.15, 0.2) is 24.4 Å². The molecule has 0 fully saturated rings. The summed E-state index contributed by atoms with van der Waals surface area (Å²) in [5.74, 6) is 0.282. The molecule has 16 heavy (non-hydrogen) atoms. The molecule has 0 spiro atoms. The van der Waals surface area contributed by atoms with Gasteiger partial charge in [0, 0.05) is 6.20 Å². The first-order chi connectivity index (χ1) is 7.66. The third-order valence-electron chi connectivity index (χ3n) is 1.93. The molecule has 0 unspecified atom stereocenters. The maximum absolute atomic E-state index is 11.8. The van der Waals surface area contributed by atoms with E-state index in [0.717, 1.165) is 0 Å². The Hall–Kier alpha value is -1.95. The fourth-order valence-electron chi connectivity index (χ4n) is 1.24. The summed E-state index contributed by atoms with van der Waals surface area (Å²) in [5.41, 5.74) is 6.16. The highest BCUT2D eigenvalue weighted by atomic mass is 32.1. The number of hydrogen-bond acceptors (Lipinski definition) is 5. The number of anilines is 2. The first-order valence-electron chi connectivity index (χ1n) is 4.62. The minimum absolute atomic E-state index is 0.231. The number of thiazole rings is 1. The summed E-state index contributed by atoms with van der Waals surface area (Å²) in [7, 11) is 0. The van der Waals surface area contributed by atoms with Crippen molar-refractivity contribution in [2.45, 2.75) is 6.92 Å². The minimum Gasteiger partial charge on any atom is -0.375 e. The SMILES string of the molecule is Cc1nc(N)sc1C(=O)Nc1ccccn1. The van der Waals surface area contributed by atoms with Gasteiger partial charge in [0.25, 0.3) is 5.91 Å². The first kappa shape index (κ1) is 10.6. The highest BCUT2D eigenvalue weighted by molar-refractivity contribution is 7.17. The van der Waals surface area contributed by atoms with Crippen LogP contribution in [0, 0.1) is 6.92 Å². The molecule has 5 nitrogen and oxygen atoms in total. The van der Waals surface area contributed by atoms with Crippen LogP contribution < -0.4 is 11.1 Å². The highest BCUT2D eigenvalue weighted by Crippen LogP contribution is 2.20. The molecule has 82 valence electrons. The zero-order valence-corrected chi connectivity index (χ0v) is 9.41. The van der Waals surface area contributed by atoms with Gasteiger partial charge in [-0.05, 0) is 19.1 Å². The third kappa shape index (κ3) is 2.17. The second kappa shape index (κ2) is 4.28. The van der Waals surface area contributed by atoms with Gasteiger partial charge < -0.3 is 11.1 Å². The van der Waals surface area contributed by atoms with Gasteiger partial charge in [0.1, 0.15) is 10.7 Å². The topological polar surface area (TPSA) is 80.9 Å². The lowest BCUT2D eigenvalue weighted by molar-refractivity contribution is 0.102. The molecule has 0 aliphatic carbocycles. The minimum atomic E-state index is -0.231. The zero-order valence-electron chi connectivity index (χ0n) is 8.60. The molecule has 2 rings (SSSR count). The number of carbonyl (C=O) groups excluding carboxylic acids is 1. The van der Waals surface area contributed by atoms with Crippen LogP contribution in [0.3, 0.4) is 0 Å². The number of nitrogens with two attached hydrogens (primary N) is 1. The van der Waals surface area contributed by atoms with Crippen molar-refractivity contribution in [3.63, 3.8) is 0 Å². The quantitative estimate of drug-likeness (QED) is 0.828. The zero-order chi connectivity index (χ0) is 11.5. The lowest BCUT2D eigenvalue weighted by atomic mass is 10.3. The molecule has 3 N–H and O–H groups in total. The second-order valence-electron chi connectivity index (χ2n) is 3.14. The van der Waals surface area contributed by atoms with Crippen molar-refractivity contribution < 1.29 is 4.79 Å². The van der Waals surface area contributed by atoms with Gasteiger partial charge in [-0.2, -0.15) is 0 Å². The number of pyridine rings is 1. The molecular weight excluding hydrogens is 224 g/mol. The summed E-state index contributed by atoms with van der Waals surface area (Å²) in [6.45, 7) is 1.75. The monoisotopic (exact) mass is 234 g/mol. The number of aromatic nitrogens is 2. The van der Waals surface area contributed by atoms with Gasteiger partial charge in [-0.15, -0.1) is 0 Å². The summed E-state index contributed by atoms with van der Waals surface area (Å²) in [5, 5.41) is 3.07. The van der Waals surface area contributed by atoms with Crippen molar-refractivity contribution >= 4 is 28.2 Å². The number of nitrogen functional groups attached to an aromatic ring is 1. The summed E-state index contributed by atoms with van der Waals surface area (Å²) >= 11 is 1.17. The first-order valence-corrected chi connectivity index (χ1v) is 5.44. The Morgan fingerprint density at radius 2 is 2.31 bits per heavy atom. The Kier molecular flexibility index (Phi) is 2.82. The molecule has 6 heteroatoms. The van der Waals surface area contributed by atoms with Crippen LogP contribution in [-0.2, 0) is 0 Å². The lowest BCUT2D eigenvalue weighted by Crippen LogP contribution is -2.12. The number of amides is 1. The third-order valence-corrected chi connectivity index (χ3v) is 2.91. The summed E-state index contributed by atoms with van der Waals surface area (Å²) in [4.78, 5) is 20.3. The predicted octanol–water partition coefficient (Wildman–Crippen LogP) is 1.68. The molecule has 0 aliphatic heterocycles. The van der Waals surface area contributed by atoms with Crippen LogP contribution in [0.5, 0.6) is 0 Å². The predicted molar refractivity (Wildman–Crippen MR) is 63.5 cm³/mol. The van der Waals surface area contributed by atoms with E-state index >= 15 is 0 Å². The van der Waals surface area contributed by atoms with E-state index in [9.17, 15) is 4.79 Å². The van der Waals surface area contributed by atoms with Gasteiger partial charge >= 0.3 is 0 Å². The molecule has 2 heterocycles. The van der Waals surface area contributed by atoms with Crippen LogP contribution in [-0.4, -0.2) is 15.9 Å².